The largest absolute Gasteiger partial charge is 0.481 e. The van der Waals surface area contributed by atoms with Crippen molar-refractivity contribution in [3.05, 3.63) is 59.7 Å². The minimum Gasteiger partial charge on any atom is -0.481 e. The molecule has 2 aromatic rings. The molecule has 0 unspecified atom stereocenters. The predicted octanol–water partition coefficient (Wildman–Crippen LogP) is 3.67. The molecule has 0 saturated carbocycles. The van der Waals surface area contributed by atoms with Crippen LogP contribution in [0.25, 0.3) is 11.1 Å². The van der Waals surface area contributed by atoms with Gasteiger partial charge in [-0.3, -0.25) is 9.59 Å². The fourth-order valence-electron chi connectivity index (χ4n) is 4.01. The van der Waals surface area contributed by atoms with Crippen LogP contribution < -0.4 is 10.6 Å². The molecule has 7 heteroatoms. The van der Waals surface area contributed by atoms with E-state index in [1.54, 1.807) is 0 Å². The lowest BCUT2D eigenvalue weighted by Crippen LogP contribution is -2.38. The third kappa shape index (κ3) is 5.84. The normalized spacial score (nSPS) is 13.1. The first-order valence-electron chi connectivity index (χ1n) is 10.6. The van der Waals surface area contributed by atoms with E-state index < -0.39 is 18.1 Å². The zero-order valence-corrected chi connectivity index (χ0v) is 17.6. The highest BCUT2D eigenvalue weighted by Gasteiger charge is 2.29. The number of amides is 2. The smallest absolute Gasteiger partial charge is 0.407 e. The van der Waals surface area contributed by atoms with Crippen molar-refractivity contribution in [1.82, 2.24) is 10.6 Å². The second-order valence-electron chi connectivity index (χ2n) is 7.65. The molecule has 0 spiro atoms. The average Bonchev–Trinajstić information content (AvgIpc) is 3.06. The van der Waals surface area contributed by atoms with Gasteiger partial charge in [-0.2, -0.15) is 0 Å². The number of carboxylic acids is 1. The van der Waals surface area contributed by atoms with Crippen molar-refractivity contribution < 1.29 is 24.2 Å². The molecule has 2 aromatic carbocycles. The van der Waals surface area contributed by atoms with Gasteiger partial charge in [-0.25, -0.2) is 4.79 Å². The van der Waals surface area contributed by atoms with Gasteiger partial charge in [-0.1, -0.05) is 61.9 Å². The number of carbonyl (C=O) groups excluding carboxylic acids is 2. The van der Waals surface area contributed by atoms with Gasteiger partial charge in [0, 0.05) is 24.9 Å². The molecule has 0 heterocycles. The Kier molecular flexibility index (Phi) is 7.65. The van der Waals surface area contributed by atoms with Crippen molar-refractivity contribution in [1.29, 1.82) is 0 Å². The monoisotopic (exact) mass is 424 g/mol. The number of benzene rings is 2. The Bertz CT molecular complexity index is 898. The van der Waals surface area contributed by atoms with E-state index >= 15 is 0 Å². The maximum atomic E-state index is 12.1. The van der Waals surface area contributed by atoms with Crippen molar-refractivity contribution in [3.63, 3.8) is 0 Å². The molecule has 1 aliphatic rings. The number of hydrogen-bond acceptors (Lipinski definition) is 4. The molecular formula is C24H28N2O5. The van der Waals surface area contributed by atoms with E-state index in [4.69, 9.17) is 9.84 Å². The summed E-state index contributed by atoms with van der Waals surface area (Å²) in [6, 6.07) is 15.8. The van der Waals surface area contributed by atoms with Crippen LogP contribution in [0.3, 0.4) is 0 Å². The Hall–Kier alpha value is -3.35. The summed E-state index contributed by atoms with van der Waals surface area (Å²) in [4.78, 5) is 35.0. The van der Waals surface area contributed by atoms with Gasteiger partial charge in [0.05, 0.1) is 6.42 Å². The zero-order valence-electron chi connectivity index (χ0n) is 17.6. The standard InChI is InChI=1S/C24H28N2O5/c1-2-7-16(14-23(28)29)26-22(27)12-13-25-24(30)31-15-21-19-10-5-3-8-17(19)18-9-4-6-11-20(18)21/h3-6,8-11,16,21H,2,7,12-15H2,1H3,(H,25,30)(H,26,27)(H,28,29)/t16-/m1/s1. The topological polar surface area (TPSA) is 105 Å². The first-order valence-corrected chi connectivity index (χ1v) is 10.6. The molecule has 0 radical (unpaired) electrons. The highest BCUT2D eigenvalue weighted by atomic mass is 16.5. The lowest BCUT2D eigenvalue weighted by atomic mass is 9.98. The van der Waals surface area contributed by atoms with Crippen LogP contribution in [0.1, 0.15) is 49.7 Å². The van der Waals surface area contributed by atoms with Crippen LogP contribution in [0.4, 0.5) is 4.79 Å². The van der Waals surface area contributed by atoms with Crippen molar-refractivity contribution in [2.24, 2.45) is 0 Å². The number of ether oxygens (including phenoxy) is 1. The number of nitrogens with one attached hydrogen (secondary N) is 2. The van der Waals surface area contributed by atoms with E-state index in [2.05, 4.69) is 34.9 Å². The van der Waals surface area contributed by atoms with Gasteiger partial charge in [-0.15, -0.1) is 0 Å². The highest BCUT2D eigenvalue weighted by molar-refractivity contribution is 5.79. The van der Waals surface area contributed by atoms with E-state index in [9.17, 15) is 14.4 Å². The summed E-state index contributed by atoms with van der Waals surface area (Å²) in [7, 11) is 0. The van der Waals surface area contributed by atoms with Gasteiger partial charge in [0.25, 0.3) is 0 Å². The van der Waals surface area contributed by atoms with E-state index in [0.717, 1.165) is 28.7 Å². The van der Waals surface area contributed by atoms with Crippen LogP contribution >= 0.6 is 0 Å². The molecular weight excluding hydrogens is 396 g/mol. The fourth-order valence-corrected chi connectivity index (χ4v) is 4.01. The van der Waals surface area contributed by atoms with Crippen LogP contribution in [0.2, 0.25) is 0 Å². The summed E-state index contributed by atoms with van der Waals surface area (Å²) >= 11 is 0. The molecule has 3 rings (SSSR count). The molecule has 31 heavy (non-hydrogen) atoms. The van der Waals surface area contributed by atoms with Gasteiger partial charge >= 0.3 is 12.1 Å². The Morgan fingerprint density at radius 1 is 1.03 bits per heavy atom. The number of alkyl carbamates (subject to hydrolysis) is 1. The van der Waals surface area contributed by atoms with Crippen molar-refractivity contribution >= 4 is 18.0 Å². The maximum absolute atomic E-state index is 12.1. The van der Waals surface area contributed by atoms with E-state index in [0.29, 0.717) is 6.42 Å². The quantitative estimate of drug-likeness (QED) is 0.540. The number of aliphatic carboxylic acids is 1. The van der Waals surface area contributed by atoms with Gasteiger partial charge in [0.2, 0.25) is 5.91 Å². The molecule has 0 aromatic heterocycles. The molecule has 1 aliphatic carbocycles. The first-order chi connectivity index (χ1) is 15.0. The third-order valence-corrected chi connectivity index (χ3v) is 5.39. The van der Waals surface area contributed by atoms with Crippen LogP contribution in [0.5, 0.6) is 0 Å². The Morgan fingerprint density at radius 3 is 2.23 bits per heavy atom. The molecule has 3 N–H and O–H groups in total. The Labute approximate surface area is 181 Å². The lowest BCUT2D eigenvalue weighted by molar-refractivity contribution is -0.137. The van der Waals surface area contributed by atoms with Crippen molar-refractivity contribution in [2.45, 2.75) is 44.6 Å². The molecule has 0 bridgehead atoms. The van der Waals surface area contributed by atoms with Gasteiger partial charge in [0.1, 0.15) is 6.61 Å². The van der Waals surface area contributed by atoms with Crippen LogP contribution in [0.15, 0.2) is 48.5 Å². The number of carboxylic acid groups (broad SMARTS) is 1. The summed E-state index contributed by atoms with van der Waals surface area (Å²) in [6.07, 6.45) is 0.739. The Morgan fingerprint density at radius 2 is 1.65 bits per heavy atom. The first kappa shape index (κ1) is 22.3. The number of rotatable bonds is 10. The van der Waals surface area contributed by atoms with Crippen LogP contribution in [0, 0.1) is 0 Å². The highest BCUT2D eigenvalue weighted by Crippen LogP contribution is 2.44. The summed E-state index contributed by atoms with van der Waals surface area (Å²) in [5.41, 5.74) is 4.59. The minimum atomic E-state index is -0.949. The second kappa shape index (κ2) is 10.6. The van der Waals surface area contributed by atoms with E-state index in [1.807, 2.05) is 31.2 Å². The third-order valence-electron chi connectivity index (χ3n) is 5.39. The van der Waals surface area contributed by atoms with Crippen LogP contribution in [-0.2, 0) is 14.3 Å². The van der Waals surface area contributed by atoms with Gasteiger partial charge in [0.15, 0.2) is 0 Å². The molecule has 0 fully saturated rings. The van der Waals surface area contributed by atoms with Gasteiger partial charge < -0.3 is 20.5 Å². The molecule has 2 amide bonds. The maximum Gasteiger partial charge on any atom is 0.407 e. The summed E-state index contributed by atoms with van der Waals surface area (Å²) in [5.74, 6) is -1.26. The minimum absolute atomic E-state index is 0.0210. The predicted molar refractivity (Wildman–Crippen MR) is 117 cm³/mol. The Balaban J connectivity index is 1.46. The molecule has 0 saturated heterocycles. The van der Waals surface area contributed by atoms with Crippen molar-refractivity contribution in [2.75, 3.05) is 13.2 Å². The average molecular weight is 424 g/mol. The molecule has 164 valence electrons. The summed E-state index contributed by atoms with van der Waals surface area (Å²) in [5, 5.41) is 14.2. The number of hydrogen-bond donors (Lipinski definition) is 3. The van der Waals surface area contributed by atoms with Crippen LogP contribution in [-0.4, -0.2) is 42.3 Å². The van der Waals surface area contributed by atoms with Crippen molar-refractivity contribution in [3.8, 4) is 11.1 Å². The molecule has 1 atom stereocenters. The fraction of sp³-hybridized carbons (Fsp3) is 0.375. The van der Waals surface area contributed by atoms with E-state index in [-0.39, 0.29) is 37.8 Å². The summed E-state index contributed by atoms with van der Waals surface area (Å²) < 4.78 is 5.43. The lowest BCUT2D eigenvalue weighted by Gasteiger charge is -2.16. The SMILES string of the molecule is CCC[C@H](CC(=O)O)NC(=O)CCNC(=O)OCC1c2ccccc2-c2ccccc21. The van der Waals surface area contributed by atoms with E-state index in [1.165, 1.54) is 0 Å². The second-order valence-corrected chi connectivity index (χ2v) is 7.65. The number of carbonyl (C=O) groups is 3. The summed E-state index contributed by atoms with van der Waals surface area (Å²) in [6.45, 7) is 2.26. The van der Waals surface area contributed by atoms with Gasteiger partial charge in [-0.05, 0) is 28.7 Å². The number of fused-ring (bicyclic) bond motifs is 3. The molecule has 7 nitrogen and oxygen atoms in total. The zero-order chi connectivity index (χ0) is 22.2. The molecule has 0 aliphatic heterocycles.